The van der Waals surface area contributed by atoms with Crippen LogP contribution >= 0.6 is 0 Å². The molecule has 16 heavy (non-hydrogen) atoms. The Morgan fingerprint density at radius 3 is 2.75 bits per heavy atom. The van der Waals surface area contributed by atoms with E-state index in [1.165, 1.54) is 12.8 Å². The van der Waals surface area contributed by atoms with Crippen LogP contribution in [0.5, 0.6) is 0 Å². The van der Waals surface area contributed by atoms with Crippen LogP contribution in [0.15, 0.2) is 4.52 Å². The summed E-state index contributed by atoms with van der Waals surface area (Å²) in [4.78, 5) is 6.32. The second-order valence-electron chi connectivity index (χ2n) is 5.31. The van der Waals surface area contributed by atoms with Crippen LogP contribution in [-0.2, 0) is 6.54 Å². The average molecular weight is 225 g/mol. The summed E-state index contributed by atoms with van der Waals surface area (Å²) in [6.45, 7) is 4.73. The van der Waals surface area contributed by atoms with Crippen molar-refractivity contribution in [2.24, 2.45) is 0 Å². The van der Waals surface area contributed by atoms with Gasteiger partial charge >= 0.3 is 0 Å². The maximum atomic E-state index is 9.66. The van der Waals surface area contributed by atoms with Crippen LogP contribution < -0.4 is 0 Å². The largest absolute Gasteiger partial charge is 0.389 e. The van der Waals surface area contributed by atoms with Gasteiger partial charge in [0.2, 0.25) is 5.89 Å². The summed E-state index contributed by atoms with van der Waals surface area (Å²) < 4.78 is 5.17. The molecule has 1 aromatic heterocycles. The fraction of sp³-hybridized carbons (Fsp3) is 0.818. The van der Waals surface area contributed by atoms with Crippen molar-refractivity contribution in [3.8, 4) is 0 Å². The monoisotopic (exact) mass is 225 g/mol. The third-order valence-electron chi connectivity index (χ3n) is 2.49. The number of aromatic nitrogens is 2. The van der Waals surface area contributed by atoms with E-state index in [0.29, 0.717) is 24.9 Å². The lowest BCUT2D eigenvalue weighted by molar-refractivity contribution is 0.0397. The number of rotatable bonds is 5. The molecule has 90 valence electrons. The molecule has 5 heteroatoms. The molecule has 0 radical (unpaired) electrons. The van der Waals surface area contributed by atoms with Crippen molar-refractivity contribution in [3.05, 3.63) is 11.7 Å². The lowest BCUT2D eigenvalue weighted by Crippen LogP contribution is -2.35. The highest BCUT2D eigenvalue weighted by Gasteiger charge is 2.29. The minimum absolute atomic E-state index is 0.525. The minimum Gasteiger partial charge on any atom is -0.389 e. The molecule has 0 atom stereocenters. The molecule has 5 nitrogen and oxygen atoms in total. The zero-order valence-electron chi connectivity index (χ0n) is 10.1. The number of hydrogen-bond donors (Lipinski definition) is 1. The Kier molecular flexibility index (Phi) is 2.99. The Morgan fingerprint density at radius 1 is 1.50 bits per heavy atom. The van der Waals surface area contributed by atoms with Gasteiger partial charge < -0.3 is 9.63 Å². The molecule has 1 aromatic rings. The van der Waals surface area contributed by atoms with Gasteiger partial charge in [-0.2, -0.15) is 4.98 Å². The molecular formula is C11H19N3O2. The van der Waals surface area contributed by atoms with Crippen molar-refractivity contribution in [2.45, 2.75) is 44.8 Å². The Bertz CT molecular complexity index is 352. The first-order valence-corrected chi connectivity index (χ1v) is 5.67. The van der Waals surface area contributed by atoms with Crippen LogP contribution in [0.2, 0.25) is 0 Å². The molecule has 1 heterocycles. The van der Waals surface area contributed by atoms with Gasteiger partial charge in [0.15, 0.2) is 5.82 Å². The van der Waals surface area contributed by atoms with Gasteiger partial charge in [-0.25, -0.2) is 0 Å². The molecule has 0 spiro atoms. The van der Waals surface area contributed by atoms with Gasteiger partial charge in [-0.1, -0.05) is 5.16 Å². The van der Waals surface area contributed by atoms with E-state index < -0.39 is 5.60 Å². The van der Waals surface area contributed by atoms with Crippen LogP contribution in [-0.4, -0.2) is 39.3 Å². The fourth-order valence-corrected chi connectivity index (χ4v) is 1.79. The molecule has 0 amide bonds. The quantitative estimate of drug-likeness (QED) is 0.814. The van der Waals surface area contributed by atoms with E-state index in [-0.39, 0.29) is 0 Å². The molecule has 1 fully saturated rings. The van der Waals surface area contributed by atoms with E-state index in [4.69, 9.17) is 4.52 Å². The molecular weight excluding hydrogens is 206 g/mol. The average Bonchev–Trinajstić information content (AvgIpc) is 2.85. The van der Waals surface area contributed by atoms with Crippen molar-refractivity contribution >= 4 is 0 Å². The highest BCUT2D eigenvalue weighted by molar-refractivity contribution is 5.03. The van der Waals surface area contributed by atoms with Crippen LogP contribution in [0.3, 0.4) is 0 Å². The molecule has 1 saturated carbocycles. The van der Waals surface area contributed by atoms with Gasteiger partial charge in [0.05, 0.1) is 12.1 Å². The highest BCUT2D eigenvalue weighted by atomic mass is 16.5. The second-order valence-corrected chi connectivity index (χ2v) is 5.31. The number of aliphatic hydroxyl groups is 1. The zero-order valence-corrected chi connectivity index (χ0v) is 10.1. The van der Waals surface area contributed by atoms with E-state index in [2.05, 4.69) is 10.1 Å². The summed E-state index contributed by atoms with van der Waals surface area (Å²) in [6.07, 6.45) is 2.36. The molecule has 1 aliphatic rings. The summed E-state index contributed by atoms with van der Waals surface area (Å²) in [5.41, 5.74) is -0.700. The summed E-state index contributed by atoms with van der Waals surface area (Å²) in [6, 6.07) is 0. The summed E-state index contributed by atoms with van der Waals surface area (Å²) in [5.74, 6) is 2.00. The Hall–Kier alpha value is -0.940. The number of hydrogen-bond acceptors (Lipinski definition) is 5. The summed E-state index contributed by atoms with van der Waals surface area (Å²) in [5, 5.41) is 13.6. The lowest BCUT2D eigenvalue weighted by Gasteiger charge is -2.23. The SMILES string of the molecule is CN(Cc1nc(C2CC2)no1)CC(C)(C)O. The predicted octanol–water partition coefficient (Wildman–Crippen LogP) is 1.15. The Balaban J connectivity index is 1.87. The van der Waals surface area contributed by atoms with Crippen LogP contribution in [0.4, 0.5) is 0 Å². The molecule has 1 N–H and O–H groups in total. The van der Waals surface area contributed by atoms with E-state index in [1.807, 2.05) is 11.9 Å². The van der Waals surface area contributed by atoms with Gasteiger partial charge in [-0.15, -0.1) is 0 Å². The topological polar surface area (TPSA) is 62.4 Å². The van der Waals surface area contributed by atoms with Gasteiger partial charge in [0.1, 0.15) is 0 Å². The van der Waals surface area contributed by atoms with Gasteiger partial charge in [0.25, 0.3) is 0 Å². The third kappa shape index (κ3) is 3.28. The standard InChI is InChI=1S/C11H19N3O2/c1-11(2,15)7-14(3)6-9-12-10(13-16-9)8-4-5-8/h8,15H,4-7H2,1-3H3. The van der Waals surface area contributed by atoms with Crippen LogP contribution in [0, 0.1) is 0 Å². The maximum absolute atomic E-state index is 9.66. The lowest BCUT2D eigenvalue weighted by atomic mass is 10.1. The smallest absolute Gasteiger partial charge is 0.240 e. The van der Waals surface area contributed by atoms with Crippen LogP contribution in [0.25, 0.3) is 0 Å². The van der Waals surface area contributed by atoms with Gasteiger partial charge in [0, 0.05) is 12.5 Å². The molecule has 2 rings (SSSR count). The summed E-state index contributed by atoms with van der Waals surface area (Å²) >= 11 is 0. The third-order valence-corrected chi connectivity index (χ3v) is 2.49. The van der Waals surface area contributed by atoms with E-state index in [0.717, 1.165) is 5.82 Å². The Labute approximate surface area is 95.4 Å². The van der Waals surface area contributed by atoms with Crippen LogP contribution in [0.1, 0.15) is 44.3 Å². The molecule has 0 saturated heterocycles. The van der Waals surface area contributed by atoms with Crippen molar-refractivity contribution in [3.63, 3.8) is 0 Å². The van der Waals surface area contributed by atoms with Gasteiger partial charge in [-0.3, -0.25) is 4.90 Å². The first-order chi connectivity index (χ1) is 7.44. The molecule has 0 aromatic carbocycles. The predicted molar refractivity (Wildman–Crippen MR) is 58.9 cm³/mol. The molecule has 0 bridgehead atoms. The molecule has 0 aliphatic heterocycles. The first kappa shape index (κ1) is 11.5. The van der Waals surface area contributed by atoms with E-state index in [1.54, 1.807) is 13.8 Å². The van der Waals surface area contributed by atoms with E-state index in [9.17, 15) is 5.11 Å². The van der Waals surface area contributed by atoms with Crippen molar-refractivity contribution in [2.75, 3.05) is 13.6 Å². The van der Waals surface area contributed by atoms with Crippen molar-refractivity contribution < 1.29 is 9.63 Å². The molecule has 1 aliphatic carbocycles. The van der Waals surface area contributed by atoms with Crippen molar-refractivity contribution in [1.82, 2.24) is 15.0 Å². The maximum Gasteiger partial charge on any atom is 0.240 e. The fourth-order valence-electron chi connectivity index (χ4n) is 1.79. The zero-order chi connectivity index (χ0) is 11.8. The molecule has 0 unspecified atom stereocenters. The number of likely N-dealkylation sites (N-methyl/N-ethyl adjacent to an activating group) is 1. The first-order valence-electron chi connectivity index (χ1n) is 5.67. The number of nitrogens with zero attached hydrogens (tertiary/aromatic N) is 3. The summed E-state index contributed by atoms with van der Waals surface area (Å²) in [7, 11) is 1.93. The Morgan fingerprint density at radius 2 is 2.19 bits per heavy atom. The second kappa shape index (κ2) is 4.14. The van der Waals surface area contributed by atoms with Gasteiger partial charge in [-0.05, 0) is 33.7 Å². The minimum atomic E-state index is -0.700. The van der Waals surface area contributed by atoms with E-state index >= 15 is 0 Å². The normalized spacial score (nSPS) is 17.1. The highest BCUT2D eigenvalue weighted by Crippen LogP contribution is 2.38. The van der Waals surface area contributed by atoms with Crippen molar-refractivity contribution in [1.29, 1.82) is 0 Å².